The zero-order valence-corrected chi connectivity index (χ0v) is 33.6. The predicted octanol–water partition coefficient (Wildman–Crippen LogP) is 4.90. The molecule has 0 spiro atoms. The molecular formula is C43H48F3N9O5. The van der Waals surface area contributed by atoms with Crippen molar-refractivity contribution < 1.29 is 37.0 Å². The summed E-state index contributed by atoms with van der Waals surface area (Å²) >= 11 is 0. The van der Waals surface area contributed by atoms with E-state index in [4.69, 9.17) is 20.2 Å². The van der Waals surface area contributed by atoms with Crippen molar-refractivity contribution in [2.75, 3.05) is 79.9 Å². The Morgan fingerprint density at radius 1 is 1.00 bits per heavy atom. The van der Waals surface area contributed by atoms with Crippen LogP contribution in [0.1, 0.15) is 65.1 Å². The van der Waals surface area contributed by atoms with Crippen molar-refractivity contribution in [1.82, 2.24) is 25.1 Å². The van der Waals surface area contributed by atoms with Crippen molar-refractivity contribution in [2.45, 2.75) is 64.0 Å². The molecular weight excluding hydrogens is 780 g/mol. The van der Waals surface area contributed by atoms with Crippen LogP contribution in [0.15, 0.2) is 48.5 Å². The maximum atomic E-state index is 13.6. The summed E-state index contributed by atoms with van der Waals surface area (Å²) in [6.45, 7) is 11.1. The van der Waals surface area contributed by atoms with Crippen LogP contribution in [0.25, 0.3) is 10.9 Å². The molecule has 4 fully saturated rings. The molecule has 4 N–H and O–H groups in total. The molecule has 0 radical (unpaired) electrons. The highest BCUT2D eigenvalue weighted by Crippen LogP contribution is 2.39. The van der Waals surface area contributed by atoms with E-state index in [9.17, 15) is 27.6 Å². The van der Waals surface area contributed by atoms with Crippen LogP contribution in [0.3, 0.4) is 0 Å². The average Bonchev–Trinajstić information content (AvgIpc) is 3.82. The van der Waals surface area contributed by atoms with Gasteiger partial charge in [0.1, 0.15) is 29.5 Å². The van der Waals surface area contributed by atoms with Gasteiger partial charge in [0.05, 0.1) is 36.0 Å². The monoisotopic (exact) mass is 827 g/mol. The number of halogens is 3. The summed E-state index contributed by atoms with van der Waals surface area (Å²) in [5.41, 5.74) is 9.71. The van der Waals surface area contributed by atoms with E-state index >= 15 is 0 Å². The Balaban J connectivity index is 0.853. The number of ether oxygens (including phenoxy) is 2. The van der Waals surface area contributed by atoms with Gasteiger partial charge in [-0.25, -0.2) is 9.97 Å². The SMILES string of the molecule is Cc1nc(NC(C)c2cc(N)cc(C(F)(F)F)c2)c2cc(O[C@H]3CCOC3)c(N3CCN(CC4CN(c5ccc6c(c5)CN(C5CCC(=O)NC5=O)C6=O)C4)CC3)cc2n1. The molecule has 0 saturated carbocycles. The van der Waals surface area contributed by atoms with E-state index < -0.39 is 29.7 Å². The van der Waals surface area contributed by atoms with Crippen molar-refractivity contribution in [3.05, 3.63) is 76.6 Å². The first-order valence-corrected chi connectivity index (χ1v) is 20.6. The lowest BCUT2D eigenvalue weighted by Crippen LogP contribution is -2.55. The molecule has 4 saturated heterocycles. The Hall–Kier alpha value is -5.68. The maximum Gasteiger partial charge on any atom is 0.416 e. The van der Waals surface area contributed by atoms with Crippen molar-refractivity contribution >= 4 is 51.5 Å². The highest BCUT2D eigenvalue weighted by atomic mass is 19.4. The molecule has 5 aliphatic rings. The topological polar surface area (TPSA) is 158 Å². The number of nitrogen functional groups attached to an aromatic ring is 1. The number of nitrogens with two attached hydrogens (primary N) is 1. The molecule has 60 heavy (non-hydrogen) atoms. The summed E-state index contributed by atoms with van der Waals surface area (Å²) in [5.74, 6) is 1.31. The zero-order valence-electron chi connectivity index (χ0n) is 33.6. The van der Waals surface area contributed by atoms with E-state index in [2.05, 4.69) is 36.4 Å². The number of benzene rings is 3. The molecule has 3 aromatic carbocycles. The summed E-state index contributed by atoms with van der Waals surface area (Å²) < 4.78 is 53.1. The van der Waals surface area contributed by atoms with Crippen LogP contribution < -0.4 is 30.9 Å². The summed E-state index contributed by atoms with van der Waals surface area (Å²) in [6.07, 6.45) is -3.31. The van der Waals surface area contributed by atoms with E-state index in [1.165, 1.54) is 6.07 Å². The number of nitrogens with zero attached hydrogens (tertiary/aromatic N) is 6. The quantitative estimate of drug-likeness (QED) is 0.147. The second kappa shape index (κ2) is 15.7. The highest BCUT2D eigenvalue weighted by molar-refractivity contribution is 6.05. The van der Waals surface area contributed by atoms with Gasteiger partial charge in [-0.05, 0) is 79.9 Å². The fourth-order valence-corrected chi connectivity index (χ4v) is 9.07. The van der Waals surface area contributed by atoms with Crippen LogP contribution in [0, 0.1) is 12.8 Å². The Bertz CT molecular complexity index is 2340. The molecule has 3 amide bonds. The van der Waals surface area contributed by atoms with E-state index in [1.807, 2.05) is 24.3 Å². The number of amides is 3. The predicted molar refractivity (Wildman–Crippen MR) is 219 cm³/mol. The lowest BCUT2D eigenvalue weighted by Gasteiger charge is -2.45. The normalized spacial score (nSPS) is 21.9. The third-order valence-electron chi connectivity index (χ3n) is 12.3. The van der Waals surface area contributed by atoms with E-state index in [-0.39, 0.29) is 30.0 Å². The number of aryl methyl sites for hydroxylation is 1. The molecule has 0 bridgehead atoms. The van der Waals surface area contributed by atoms with Crippen LogP contribution in [-0.2, 0) is 27.0 Å². The summed E-state index contributed by atoms with van der Waals surface area (Å²) in [5, 5.41) is 6.39. The Labute approximate surface area is 345 Å². The van der Waals surface area contributed by atoms with Gasteiger partial charge in [-0.15, -0.1) is 0 Å². The Morgan fingerprint density at radius 3 is 2.53 bits per heavy atom. The van der Waals surface area contributed by atoms with Crippen molar-refractivity contribution in [2.24, 2.45) is 5.92 Å². The zero-order chi connectivity index (χ0) is 41.9. The lowest BCUT2D eigenvalue weighted by molar-refractivity contribution is -0.138. The highest BCUT2D eigenvalue weighted by Gasteiger charge is 2.40. The molecule has 316 valence electrons. The number of rotatable bonds is 10. The van der Waals surface area contributed by atoms with Crippen molar-refractivity contribution in [1.29, 1.82) is 0 Å². The van der Waals surface area contributed by atoms with Gasteiger partial charge in [-0.3, -0.25) is 24.6 Å². The molecule has 1 aromatic heterocycles. The fourth-order valence-electron chi connectivity index (χ4n) is 9.07. The third kappa shape index (κ3) is 7.99. The van der Waals surface area contributed by atoms with Crippen LogP contribution in [0.5, 0.6) is 5.75 Å². The van der Waals surface area contributed by atoms with Crippen LogP contribution in [-0.4, -0.2) is 109 Å². The number of piperazine rings is 1. The minimum absolute atomic E-state index is 0.0310. The number of piperidine rings is 1. The van der Waals surface area contributed by atoms with E-state index in [1.54, 1.807) is 18.7 Å². The number of imide groups is 1. The molecule has 9 rings (SSSR count). The number of alkyl halides is 3. The van der Waals surface area contributed by atoms with Gasteiger partial charge in [0.2, 0.25) is 11.8 Å². The molecule has 14 nitrogen and oxygen atoms in total. The number of anilines is 4. The van der Waals surface area contributed by atoms with Gasteiger partial charge < -0.3 is 35.2 Å². The molecule has 0 aliphatic carbocycles. The molecule has 4 aromatic rings. The minimum atomic E-state index is -4.53. The van der Waals surface area contributed by atoms with Gasteiger partial charge in [0.15, 0.2) is 0 Å². The molecule has 5 aliphatic heterocycles. The van der Waals surface area contributed by atoms with Crippen molar-refractivity contribution in [3.8, 4) is 5.75 Å². The Morgan fingerprint density at radius 2 is 1.80 bits per heavy atom. The van der Waals surface area contributed by atoms with Crippen molar-refractivity contribution in [3.63, 3.8) is 0 Å². The molecule has 17 heteroatoms. The van der Waals surface area contributed by atoms with Gasteiger partial charge in [0.25, 0.3) is 5.91 Å². The first-order chi connectivity index (χ1) is 28.7. The minimum Gasteiger partial charge on any atom is -0.486 e. The number of carbonyl (C=O) groups excluding carboxylic acids is 3. The summed E-state index contributed by atoms with van der Waals surface area (Å²) in [6, 6.07) is 12.3. The third-order valence-corrected chi connectivity index (χ3v) is 12.3. The number of nitrogens with one attached hydrogen (secondary N) is 2. The largest absolute Gasteiger partial charge is 0.486 e. The number of hydrogen-bond acceptors (Lipinski definition) is 12. The van der Waals surface area contributed by atoms with Crippen LogP contribution in [0.4, 0.5) is 36.1 Å². The average molecular weight is 828 g/mol. The fraction of sp³-hybridized carbons (Fsp3) is 0.465. The van der Waals surface area contributed by atoms with Crippen LogP contribution in [0.2, 0.25) is 0 Å². The second-order valence-electron chi connectivity index (χ2n) is 16.6. The number of carbonyl (C=O) groups is 3. The van der Waals surface area contributed by atoms with Crippen LogP contribution >= 0.6 is 0 Å². The number of hydrogen-bond donors (Lipinski definition) is 3. The molecule has 6 heterocycles. The molecule has 3 atom stereocenters. The number of aromatic nitrogens is 2. The van der Waals surface area contributed by atoms with E-state index in [0.717, 1.165) is 81.3 Å². The maximum absolute atomic E-state index is 13.6. The Kier molecular flexibility index (Phi) is 10.4. The van der Waals surface area contributed by atoms with Gasteiger partial charge in [0, 0.05) is 93.4 Å². The molecule has 2 unspecified atom stereocenters. The van der Waals surface area contributed by atoms with Gasteiger partial charge in [-0.2, -0.15) is 13.2 Å². The van der Waals surface area contributed by atoms with Gasteiger partial charge >= 0.3 is 6.18 Å². The summed E-state index contributed by atoms with van der Waals surface area (Å²) in [4.78, 5) is 55.5. The lowest BCUT2D eigenvalue weighted by atomic mass is 9.97. The van der Waals surface area contributed by atoms with Gasteiger partial charge in [-0.1, -0.05) is 0 Å². The standard InChI is InChI=1S/C43H48F3N9O5/c1-24(27-13-29(43(44,45)46)16-30(47)14-27)48-40-34-17-38(60-32-7-12-59-23-32)37(18-35(34)49-25(2)50-40)53-10-8-52(9-11-53)19-26-20-54(21-26)31-3-4-33-28(15-31)22-55(42(33)58)36-5-6-39(56)51-41(36)57/h3-4,13-18,24,26,32,36H,5-12,19-23,47H2,1-2H3,(H,48,49,50)(H,51,56,57)/t24?,32-,36?/m0/s1. The second-order valence-corrected chi connectivity index (χ2v) is 16.6. The number of fused-ring (bicyclic) bond motifs is 2. The first-order valence-electron chi connectivity index (χ1n) is 20.6. The van der Waals surface area contributed by atoms with E-state index in [0.29, 0.717) is 71.5 Å². The summed E-state index contributed by atoms with van der Waals surface area (Å²) in [7, 11) is 0. The first kappa shape index (κ1) is 39.8. The smallest absolute Gasteiger partial charge is 0.416 e.